The highest BCUT2D eigenvalue weighted by atomic mass is 35.5. The number of rotatable bonds is 4. The molecule has 1 aliphatic heterocycles. The lowest BCUT2D eigenvalue weighted by molar-refractivity contribution is 0.0623. The molecule has 1 aliphatic rings. The Bertz CT molecular complexity index is 419. The summed E-state index contributed by atoms with van der Waals surface area (Å²) in [6, 6.07) is 8.26. The van der Waals surface area contributed by atoms with Crippen molar-refractivity contribution in [3.05, 3.63) is 35.4 Å². The summed E-state index contributed by atoms with van der Waals surface area (Å²) >= 11 is 0. The highest BCUT2D eigenvalue weighted by Crippen LogP contribution is 2.19. The fraction of sp³-hybridized carbons (Fsp3) is 0.562. The van der Waals surface area contributed by atoms with E-state index in [0.717, 1.165) is 37.8 Å². The zero-order chi connectivity index (χ0) is 13.7. The van der Waals surface area contributed by atoms with Gasteiger partial charge in [0.1, 0.15) is 0 Å². The minimum atomic E-state index is 0. The number of hydrogen-bond donors (Lipinski definition) is 1. The van der Waals surface area contributed by atoms with Crippen molar-refractivity contribution in [3.63, 3.8) is 0 Å². The minimum absolute atomic E-state index is 0. The predicted octanol–water partition coefficient (Wildman–Crippen LogP) is 3.01. The van der Waals surface area contributed by atoms with Gasteiger partial charge < -0.3 is 10.6 Å². The van der Waals surface area contributed by atoms with Crippen LogP contribution >= 0.6 is 12.4 Å². The van der Waals surface area contributed by atoms with Crippen LogP contribution in [0.3, 0.4) is 0 Å². The topological polar surface area (TPSA) is 46.3 Å². The molecule has 2 N–H and O–H groups in total. The number of aryl methyl sites for hydroxylation is 1. The van der Waals surface area contributed by atoms with Gasteiger partial charge in [0.25, 0.3) is 5.91 Å². The standard InChI is InChI=1S/C16H24N2O.ClH/c1-2-5-13-7-9-14(10-8-13)16(19)18-11-4-3-6-15(18)12-17;/h7-10,15H,2-6,11-12,17H2,1H3;1H. The van der Waals surface area contributed by atoms with Crippen molar-refractivity contribution in [1.82, 2.24) is 4.90 Å². The lowest BCUT2D eigenvalue weighted by Crippen LogP contribution is -2.47. The number of nitrogens with two attached hydrogens (primary N) is 1. The summed E-state index contributed by atoms with van der Waals surface area (Å²) in [7, 11) is 0. The average Bonchev–Trinajstić information content (AvgIpc) is 2.47. The first-order valence-corrected chi connectivity index (χ1v) is 7.36. The first-order valence-electron chi connectivity index (χ1n) is 7.36. The van der Waals surface area contributed by atoms with Gasteiger partial charge in [0, 0.05) is 24.7 Å². The molecule has 1 heterocycles. The summed E-state index contributed by atoms with van der Waals surface area (Å²) in [5.74, 6) is 0.137. The molecule has 2 rings (SSSR count). The Morgan fingerprint density at radius 1 is 1.30 bits per heavy atom. The molecule has 4 heteroatoms. The van der Waals surface area contributed by atoms with Crippen molar-refractivity contribution < 1.29 is 4.79 Å². The molecule has 1 saturated heterocycles. The van der Waals surface area contributed by atoms with Crippen LogP contribution in [0.2, 0.25) is 0 Å². The lowest BCUT2D eigenvalue weighted by atomic mass is 10.00. The third-order valence-corrected chi connectivity index (χ3v) is 3.90. The Morgan fingerprint density at radius 2 is 2.00 bits per heavy atom. The second-order valence-corrected chi connectivity index (χ2v) is 5.33. The van der Waals surface area contributed by atoms with Crippen LogP contribution in [0.1, 0.15) is 48.5 Å². The molecule has 0 bridgehead atoms. The molecule has 1 aromatic rings. The predicted molar refractivity (Wildman–Crippen MR) is 85.4 cm³/mol. The van der Waals surface area contributed by atoms with E-state index in [1.54, 1.807) is 0 Å². The summed E-state index contributed by atoms with van der Waals surface area (Å²) in [4.78, 5) is 14.5. The summed E-state index contributed by atoms with van der Waals surface area (Å²) < 4.78 is 0. The van der Waals surface area contributed by atoms with E-state index >= 15 is 0 Å². The number of carbonyl (C=O) groups is 1. The lowest BCUT2D eigenvalue weighted by Gasteiger charge is -2.35. The van der Waals surface area contributed by atoms with E-state index in [9.17, 15) is 4.79 Å². The van der Waals surface area contributed by atoms with Crippen LogP contribution in [-0.2, 0) is 6.42 Å². The van der Waals surface area contributed by atoms with E-state index in [4.69, 9.17) is 5.73 Å². The molecule has 1 atom stereocenters. The highest BCUT2D eigenvalue weighted by Gasteiger charge is 2.26. The first-order chi connectivity index (χ1) is 9.26. The van der Waals surface area contributed by atoms with Crippen LogP contribution < -0.4 is 5.73 Å². The second kappa shape index (κ2) is 8.28. The van der Waals surface area contributed by atoms with E-state index < -0.39 is 0 Å². The Hall–Kier alpha value is -1.06. The van der Waals surface area contributed by atoms with Gasteiger partial charge in [-0.1, -0.05) is 25.5 Å². The van der Waals surface area contributed by atoms with Crippen molar-refractivity contribution in [3.8, 4) is 0 Å². The van der Waals surface area contributed by atoms with Crippen LogP contribution in [0, 0.1) is 0 Å². The smallest absolute Gasteiger partial charge is 0.254 e. The van der Waals surface area contributed by atoms with Gasteiger partial charge in [0.05, 0.1) is 0 Å². The Kier molecular flexibility index (Phi) is 7.03. The molecule has 3 nitrogen and oxygen atoms in total. The molecule has 1 fully saturated rings. The monoisotopic (exact) mass is 296 g/mol. The Morgan fingerprint density at radius 3 is 2.60 bits per heavy atom. The van der Waals surface area contributed by atoms with Gasteiger partial charge >= 0.3 is 0 Å². The number of halogens is 1. The second-order valence-electron chi connectivity index (χ2n) is 5.33. The Balaban J connectivity index is 0.00000200. The van der Waals surface area contributed by atoms with Crippen molar-refractivity contribution >= 4 is 18.3 Å². The van der Waals surface area contributed by atoms with Crippen molar-refractivity contribution in [2.24, 2.45) is 5.73 Å². The molecule has 0 radical (unpaired) electrons. The quantitative estimate of drug-likeness (QED) is 0.928. The van der Waals surface area contributed by atoms with Crippen LogP contribution in [0.4, 0.5) is 0 Å². The average molecular weight is 297 g/mol. The minimum Gasteiger partial charge on any atom is -0.334 e. The van der Waals surface area contributed by atoms with Crippen LogP contribution in [-0.4, -0.2) is 29.9 Å². The number of carbonyl (C=O) groups excluding carboxylic acids is 1. The third-order valence-electron chi connectivity index (χ3n) is 3.90. The Labute approximate surface area is 127 Å². The van der Waals surface area contributed by atoms with E-state index in [1.165, 1.54) is 12.0 Å². The zero-order valence-corrected chi connectivity index (χ0v) is 13.0. The van der Waals surface area contributed by atoms with Gasteiger partial charge in [-0.05, 0) is 43.4 Å². The van der Waals surface area contributed by atoms with Gasteiger partial charge in [-0.25, -0.2) is 0 Å². The molecule has 0 spiro atoms. The van der Waals surface area contributed by atoms with Gasteiger partial charge in [0.15, 0.2) is 0 Å². The van der Waals surface area contributed by atoms with Crippen LogP contribution in [0.15, 0.2) is 24.3 Å². The molecular formula is C16H25ClN2O. The van der Waals surface area contributed by atoms with Crippen molar-refractivity contribution in [2.45, 2.75) is 45.1 Å². The fourth-order valence-electron chi connectivity index (χ4n) is 2.78. The molecule has 0 aromatic heterocycles. The number of nitrogens with zero attached hydrogens (tertiary/aromatic N) is 1. The van der Waals surface area contributed by atoms with Gasteiger partial charge in [-0.2, -0.15) is 0 Å². The SMILES string of the molecule is CCCc1ccc(C(=O)N2CCCCC2CN)cc1.Cl. The molecule has 0 aliphatic carbocycles. The van der Waals surface area contributed by atoms with Crippen LogP contribution in [0.25, 0.3) is 0 Å². The first kappa shape index (κ1) is 17.0. The number of amides is 1. The molecular weight excluding hydrogens is 272 g/mol. The summed E-state index contributed by atoms with van der Waals surface area (Å²) in [5.41, 5.74) is 7.87. The van der Waals surface area contributed by atoms with Gasteiger partial charge in [-0.15, -0.1) is 12.4 Å². The number of likely N-dealkylation sites (tertiary alicyclic amines) is 1. The van der Waals surface area contributed by atoms with E-state index in [1.807, 2.05) is 17.0 Å². The largest absolute Gasteiger partial charge is 0.334 e. The van der Waals surface area contributed by atoms with E-state index in [2.05, 4.69) is 19.1 Å². The maximum atomic E-state index is 12.5. The maximum Gasteiger partial charge on any atom is 0.254 e. The molecule has 1 unspecified atom stereocenters. The van der Waals surface area contributed by atoms with Gasteiger partial charge in [-0.3, -0.25) is 4.79 Å². The number of hydrogen-bond acceptors (Lipinski definition) is 2. The summed E-state index contributed by atoms with van der Waals surface area (Å²) in [5, 5.41) is 0. The summed E-state index contributed by atoms with van der Waals surface area (Å²) in [6.07, 6.45) is 5.52. The molecule has 112 valence electrons. The van der Waals surface area contributed by atoms with Crippen molar-refractivity contribution in [2.75, 3.05) is 13.1 Å². The normalized spacial score (nSPS) is 18.5. The molecule has 0 saturated carbocycles. The highest BCUT2D eigenvalue weighted by molar-refractivity contribution is 5.94. The number of piperidine rings is 1. The van der Waals surface area contributed by atoms with Crippen LogP contribution in [0.5, 0.6) is 0 Å². The van der Waals surface area contributed by atoms with E-state index in [0.29, 0.717) is 6.54 Å². The molecule has 1 amide bonds. The van der Waals surface area contributed by atoms with E-state index in [-0.39, 0.29) is 24.4 Å². The maximum absolute atomic E-state index is 12.5. The van der Waals surface area contributed by atoms with Gasteiger partial charge in [0.2, 0.25) is 0 Å². The zero-order valence-electron chi connectivity index (χ0n) is 12.2. The van der Waals surface area contributed by atoms with Crippen molar-refractivity contribution in [1.29, 1.82) is 0 Å². The summed E-state index contributed by atoms with van der Waals surface area (Å²) in [6.45, 7) is 3.58. The fourth-order valence-corrected chi connectivity index (χ4v) is 2.78. The number of benzene rings is 1. The molecule has 20 heavy (non-hydrogen) atoms. The third kappa shape index (κ3) is 3.97. The molecule has 1 aromatic carbocycles.